The molecule has 3 rings (SSSR count). The Labute approximate surface area is 229 Å². The van der Waals surface area contributed by atoms with Crippen LogP contribution in [-0.4, -0.2) is 23.7 Å². The van der Waals surface area contributed by atoms with E-state index < -0.39 is 16.6 Å². The van der Waals surface area contributed by atoms with Gasteiger partial charge in [0.05, 0.1) is 7.11 Å². The molecule has 7 heteroatoms. The molecule has 0 fully saturated rings. The predicted molar refractivity (Wildman–Crippen MR) is 159 cm³/mol. The van der Waals surface area contributed by atoms with Crippen molar-refractivity contribution in [3.8, 4) is 5.75 Å². The second kappa shape index (κ2) is 13.4. The van der Waals surface area contributed by atoms with E-state index in [-0.39, 0.29) is 0 Å². The molecule has 0 heterocycles. The van der Waals surface area contributed by atoms with Crippen molar-refractivity contribution in [1.82, 2.24) is 0 Å². The molecule has 0 aromatic heterocycles. The Morgan fingerprint density at radius 1 is 0.658 bits per heavy atom. The van der Waals surface area contributed by atoms with Crippen LogP contribution in [-0.2, 0) is 31.5 Å². The first-order valence-corrected chi connectivity index (χ1v) is 19.7. The van der Waals surface area contributed by atoms with Crippen LogP contribution in [0.4, 0.5) is 0 Å². The van der Waals surface area contributed by atoms with Crippen molar-refractivity contribution >= 4 is 22.2 Å². The summed E-state index contributed by atoms with van der Waals surface area (Å²) in [6.07, 6.45) is 1.69. The van der Waals surface area contributed by atoms with Crippen LogP contribution in [0.5, 0.6) is 5.75 Å². The van der Waals surface area contributed by atoms with Gasteiger partial charge < -0.3 is 23.1 Å². The van der Waals surface area contributed by atoms with Crippen LogP contribution >= 0.6 is 0 Å². The van der Waals surface area contributed by atoms with Crippen LogP contribution in [0.2, 0.25) is 39.3 Å². The van der Waals surface area contributed by atoms with Crippen LogP contribution < -0.4 is 4.74 Å². The van der Waals surface area contributed by atoms with Gasteiger partial charge in [0.15, 0.2) is 5.76 Å². The van der Waals surface area contributed by atoms with E-state index in [1.807, 2.05) is 84.9 Å². The largest absolute Gasteiger partial charge is 0.542 e. The van der Waals surface area contributed by atoms with Gasteiger partial charge in [-0.1, -0.05) is 72.8 Å². The number of hydrogen-bond donors (Lipinski definition) is 0. The number of methoxy groups -OCH3 is 1. The van der Waals surface area contributed by atoms with Crippen molar-refractivity contribution in [3.63, 3.8) is 0 Å². The maximum Gasteiger partial charge on any atom is 0.277 e. The van der Waals surface area contributed by atoms with Crippen LogP contribution in [0.1, 0.15) is 16.7 Å². The van der Waals surface area contributed by atoms with Crippen molar-refractivity contribution in [1.29, 1.82) is 0 Å². The standard InChI is InChI=1S/C31H40O5Si2/c1-32-31(36-38(5,6)7)30(27-18-20-28(21-19-27)34-23-26-16-12-9-13-17-26)29(35-37(2,3)4)24-33-22-25-14-10-8-11-15-25/h8-21,24H,22-23H2,1-7H3/b29-24+,31-30+. The topological polar surface area (TPSA) is 46.2 Å². The van der Waals surface area contributed by atoms with E-state index >= 15 is 0 Å². The average Bonchev–Trinajstić information content (AvgIpc) is 2.87. The van der Waals surface area contributed by atoms with Crippen LogP contribution in [0.25, 0.3) is 5.57 Å². The fourth-order valence-corrected chi connectivity index (χ4v) is 5.10. The molecule has 202 valence electrons. The van der Waals surface area contributed by atoms with Crippen molar-refractivity contribution in [3.05, 3.63) is 120 Å². The van der Waals surface area contributed by atoms with Crippen molar-refractivity contribution < 1.29 is 23.1 Å². The van der Waals surface area contributed by atoms with Gasteiger partial charge in [-0.2, -0.15) is 0 Å². The number of ether oxygens (including phenoxy) is 3. The minimum absolute atomic E-state index is 0.426. The maximum atomic E-state index is 6.57. The van der Waals surface area contributed by atoms with E-state index in [1.54, 1.807) is 13.4 Å². The number of benzene rings is 3. The quantitative estimate of drug-likeness (QED) is 0.122. The van der Waals surface area contributed by atoms with Gasteiger partial charge >= 0.3 is 0 Å². The predicted octanol–water partition coefficient (Wildman–Crippen LogP) is 8.34. The van der Waals surface area contributed by atoms with Crippen molar-refractivity contribution in [2.45, 2.75) is 52.5 Å². The Hall–Kier alpha value is -3.43. The monoisotopic (exact) mass is 548 g/mol. The van der Waals surface area contributed by atoms with Gasteiger partial charge in [0.2, 0.25) is 16.6 Å². The third kappa shape index (κ3) is 9.80. The molecule has 0 unspecified atom stereocenters. The first kappa shape index (κ1) is 29.1. The van der Waals surface area contributed by atoms with E-state index in [1.165, 1.54) is 0 Å². The first-order chi connectivity index (χ1) is 18.0. The van der Waals surface area contributed by atoms with E-state index in [4.69, 9.17) is 23.1 Å². The highest BCUT2D eigenvalue weighted by molar-refractivity contribution is 6.70. The average molecular weight is 549 g/mol. The third-order valence-electron chi connectivity index (χ3n) is 5.13. The smallest absolute Gasteiger partial charge is 0.277 e. The highest BCUT2D eigenvalue weighted by atomic mass is 28.4. The normalized spacial score (nSPS) is 12.9. The zero-order chi connectivity index (χ0) is 27.6. The molecular weight excluding hydrogens is 509 g/mol. The summed E-state index contributed by atoms with van der Waals surface area (Å²) in [5.41, 5.74) is 3.80. The zero-order valence-corrected chi connectivity index (χ0v) is 25.6. The van der Waals surface area contributed by atoms with Gasteiger partial charge in [-0.05, 0) is 68.1 Å². The molecule has 0 radical (unpaired) electrons. The summed E-state index contributed by atoms with van der Waals surface area (Å²) < 4.78 is 30.9. The highest BCUT2D eigenvalue weighted by Gasteiger charge is 2.28. The van der Waals surface area contributed by atoms with Gasteiger partial charge in [0.1, 0.15) is 30.8 Å². The molecule has 0 saturated heterocycles. The molecule has 0 aliphatic carbocycles. The Balaban J connectivity index is 1.97. The maximum absolute atomic E-state index is 6.57. The fraction of sp³-hybridized carbons (Fsp3) is 0.290. The zero-order valence-electron chi connectivity index (χ0n) is 23.6. The van der Waals surface area contributed by atoms with Gasteiger partial charge in [-0.3, -0.25) is 0 Å². The van der Waals surface area contributed by atoms with Gasteiger partial charge in [0.25, 0.3) is 5.95 Å². The SMILES string of the molecule is CO/C(O[Si](C)(C)C)=C(\C(=C/OCc1ccccc1)O[Si](C)(C)C)c1ccc(OCc2ccccc2)cc1. The summed E-state index contributed by atoms with van der Waals surface area (Å²) in [5.74, 6) is 1.79. The molecule has 0 spiro atoms. The Kier molecular flexibility index (Phi) is 10.3. The summed E-state index contributed by atoms with van der Waals surface area (Å²) in [6.45, 7) is 13.7. The summed E-state index contributed by atoms with van der Waals surface area (Å²) in [7, 11) is -2.41. The Morgan fingerprint density at radius 2 is 1.18 bits per heavy atom. The van der Waals surface area contributed by atoms with Gasteiger partial charge in [0, 0.05) is 0 Å². The van der Waals surface area contributed by atoms with Crippen molar-refractivity contribution in [2.75, 3.05) is 7.11 Å². The summed E-state index contributed by atoms with van der Waals surface area (Å²) in [4.78, 5) is 0. The minimum Gasteiger partial charge on any atom is -0.542 e. The molecule has 0 aliphatic rings. The van der Waals surface area contributed by atoms with E-state index in [0.29, 0.717) is 24.9 Å². The molecule has 0 aliphatic heterocycles. The molecule has 0 bridgehead atoms. The molecule has 5 nitrogen and oxygen atoms in total. The molecule has 0 N–H and O–H groups in total. The first-order valence-electron chi connectivity index (χ1n) is 12.8. The lowest BCUT2D eigenvalue weighted by atomic mass is 10.1. The number of hydrogen-bond acceptors (Lipinski definition) is 5. The molecule has 3 aromatic carbocycles. The third-order valence-corrected chi connectivity index (χ3v) is 6.76. The minimum atomic E-state index is -2.03. The second-order valence-electron chi connectivity index (χ2n) is 10.9. The van der Waals surface area contributed by atoms with Crippen LogP contribution in [0.15, 0.2) is 103 Å². The molecular formula is C31H40O5Si2. The lowest BCUT2D eigenvalue weighted by molar-refractivity contribution is 0.148. The lowest BCUT2D eigenvalue weighted by Gasteiger charge is -2.27. The Bertz CT molecular complexity index is 1190. The Morgan fingerprint density at radius 3 is 1.68 bits per heavy atom. The van der Waals surface area contributed by atoms with E-state index in [2.05, 4.69) is 39.3 Å². The summed E-state index contributed by atoms with van der Waals surface area (Å²) >= 11 is 0. The summed E-state index contributed by atoms with van der Waals surface area (Å²) in [6, 6.07) is 28.1. The molecule has 0 saturated carbocycles. The summed E-state index contributed by atoms with van der Waals surface area (Å²) in [5, 5.41) is 0. The van der Waals surface area contributed by atoms with Gasteiger partial charge in [-0.15, -0.1) is 0 Å². The van der Waals surface area contributed by atoms with E-state index in [0.717, 1.165) is 28.0 Å². The molecule has 38 heavy (non-hydrogen) atoms. The van der Waals surface area contributed by atoms with E-state index in [9.17, 15) is 0 Å². The molecule has 3 aromatic rings. The fourth-order valence-electron chi connectivity index (χ4n) is 3.54. The lowest BCUT2D eigenvalue weighted by Crippen LogP contribution is -2.28. The van der Waals surface area contributed by atoms with Crippen LogP contribution in [0, 0.1) is 0 Å². The van der Waals surface area contributed by atoms with Crippen molar-refractivity contribution in [2.24, 2.45) is 0 Å². The second-order valence-corrected chi connectivity index (χ2v) is 19.7. The highest BCUT2D eigenvalue weighted by Crippen LogP contribution is 2.33. The number of rotatable bonds is 13. The molecule has 0 amide bonds. The van der Waals surface area contributed by atoms with Gasteiger partial charge in [-0.25, -0.2) is 0 Å². The van der Waals surface area contributed by atoms with Crippen LogP contribution in [0.3, 0.4) is 0 Å². The number of allylic oxidation sites excluding steroid dienone is 1. The molecule has 0 atom stereocenters.